The van der Waals surface area contributed by atoms with Crippen molar-refractivity contribution >= 4 is 0 Å². The third kappa shape index (κ3) is 2.87. The van der Waals surface area contributed by atoms with Gasteiger partial charge in [-0.1, -0.05) is 25.1 Å². The van der Waals surface area contributed by atoms with Crippen molar-refractivity contribution in [3.05, 3.63) is 48.3 Å². The van der Waals surface area contributed by atoms with Gasteiger partial charge in [-0.15, -0.1) is 0 Å². The van der Waals surface area contributed by atoms with Crippen LogP contribution in [-0.2, 0) is 0 Å². The zero-order chi connectivity index (χ0) is 14.7. The molecular weight excluding hydrogens is 260 g/mol. The van der Waals surface area contributed by atoms with Crippen molar-refractivity contribution in [2.45, 2.75) is 19.4 Å². The van der Waals surface area contributed by atoms with Gasteiger partial charge in [0.15, 0.2) is 0 Å². The third-order valence-corrected chi connectivity index (χ3v) is 4.46. The topological polar surface area (TPSA) is 33.1 Å². The van der Waals surface area contributed by atoms with E-state index in [0.29, 0.717) is 12.0 Å². The average molecular weight is 284 g/mol. The Labute approximate surface area is 126 Å². The minimum atomic E-state index is 0.486. The second-order valence-corrected chi connectivity index (χ2v) is 5.73. The maximum Gasteiger partial charge on any atom is 0.0645 e. The summed E-state index contributed by atoms with van der Waals surface area (Å²) in [6.07, 6.45) is 5.49. The molecule has 1 aromatic heterocycles. The molecule has 1 saturated heterocycles. The van der Waals surface area contributed by atoms with Gasteiger partial charge in [0.25, 0.3) is 0 Å². The maximum absolute atomic E-state index is 4.56. The van der Waals surface area contributed by atoms with E-state index < -0.39 is 0 Å². The summed E-state index contributed by atoms with van der Waals surface area (Å²) in [5, 5.41) is 7.90. The van der Waals surface area contributed by atoms with E-state index >= 15 is 0 Å². The number of nitrogens with one attached hydrogen (secondary N) is 1. The number of aromatic nitrogens is 2. The number of likely N-dealkylation sites (tertiary alicyclic amines) is 1. The van der Waals surface area contributed by atoms with E-state index in [0.717, 1.165) is 18.8 Å². The first-order chi connectivity index (χ1) is 10.3. The first kappa shape index (κ1) is 14.3. The lowest BCUT2D eigenvalue weighted by Gasteiger charge is -2.26. The minimum Gasteiger partial charge on any atom is -0.319 e. The van der Waals surface area contributed by atoms with Crippen LogP contribution in [0.1, 0.15) is 24.9 Å². The lowest BCUT2D eigenvalue weighted by molar-refractivity contribution is 0.238. The lowest BCUT2D eigenvalue weighted by Crippen LogP contribution is -2.28. The van der Waals surface area contributed by atoms with Crippen LogP contribution >= 0.6 is 0 Å². The molecule has 0 aliphatic carbocycles. The highest BCUT2D eigenvalue weighted by atomic mass is 15.3. The second kappa shape index (κ2) is 6.41. The Morgan fingerprint density at radius 3 is 2.81 bits per heavy atom. The van der Waals surface area contributed by atoms with Gasteiger partial charge in [-0.25, -0.2) is 4.68 Å². The van der Waals surface area contributed by atoms with Gasteiger partial charge in [0.05, 0.1) is 11.9 Å². The van der Waals surface area contributed by atoms with Crippen LogP contribution in [-0.4, -0.2) is 41.4 Å². The predicted octanol–water partition coefficient (Wildman–Crippen LogP) is 2.47. The second-order valence-electron chi connectivity index (χ2n) is 5.73. The van der Waals surface area contributed by atoms with Crippen LogP contribution in [0.4, 0.5) is 0 Å². The standard InChI is InChI=1S/C17H24N4/c1-3-20-10-9-14(11-18-2)17(20)15-12-19-21(13-15)16-7-5-4-6-8-16/h4-8,12-14,17-18H,3,9-11H2,1-2H3. The molecule has 1 aliphatic heterocycles. The molecule has 1 aliphatic rings. The number of benzene rings is 1. The largest absolute Gasteiger partial charge is 0.319 e. The molecule has 0 saturated carbocycles. The molecule has 1 N–H and O–H groups in total. The summed E-state index contributed by atoms with van der Waals surface area (Å²) >= 11 is 0. The van der Waals surface area contributed by atoms with Crippen molar-refractivity contribution in [2.75, 3.05) is 26.7 Å². The minimum absolute atomic E-state index is 0.486. The van der Waals surface area contributed by atoms with Gasteiger partial charge in [-0.3, -0.25) is 4.90 Å². The van der Waals surface area contributed by atoms with Crippen LogP contribution in [0.2, 0.25) is 0 Å². The quantitative estimate of drug-likeness (QED) is 0.915. The highest BCUT2D eigenvalue weighted by Gasteiger charge is 2.34. The van der Waals surface area contributed by atoms with Crippen LogP contribution in [0.3, 0.4) is 0 Å². The van der Waals surface area contributed by atoms with Crippen molar-refractivity contribution in [3.8, 4) is 5.69 Å². The highest BCUT2D eigenvalue weighted by molar-refractivity contribution is 5.31. The van der Waals surface area contributed by atoms with Crippen LogP contribution in [0, 0.1) is 5.92 Å². The number of hydrogen-bond donors (Lipinski definition) is 1. The van der Waals surface area contributed by atoms with E-state index in [9.17, 15) is 0 Å². The zero-order valence-electron chi connectivity index (χ0n) is 12.9. The van der Waals surface area contributed by atoms with Gasteiger partial charge in [-0.2, -0.15) is 5.10 Å². The number of para-hydroxylation sites is 1. The monoisotopic (exact) mass is 284 g/mol. The van der Waals surface area contributed by atoms with Crippen LogP contribution in [0.5, 0.6) is 0 Å². The van der Waals surface area contributed by atoms with Crippen LogP contribution < -0.4 is 5.32 Å². The van der Waals surface area contributed by atoms with Crippen molar-refractivity contribution in [1.29, 1.82) is 0 Å². The smallest absolute Gasteiger partial charge is 0.0645 e. The number of rotatable bonds is 5. The van der Waals surface area contributed by atoms with Gasteiger partial charge in [0.1, 0.15) is 0 Å². The molecule has 2 atom stereocenters. The lowest BCUT2D eigenvalue weighted by atomic mass is 9.96. The molecule has 0 spiro atoms. The summed E-state index contributed by atoms with van der Waals surface area (Å²) in [5.74, 6) is 0.670. The molecule has 0 bridgehead atoms. The van der Waals surface area contributed by atoms with Gasteiger partial charge in [-0.05, 0) is 51.2 Å². The zero-order valence-corrected chi connectivity index (χ0v) is 12.9. The fraction of sp³-hybridized carbons (Fsp3) is 0.471. The predicted molar refractivity (Wildman–Crippen MR) is 85.6 cm³/mol. The fourth-order valence-electron chi connectivity index (χ4n) is 3.45. The first-order valence-electron chi connectivity index (χ1n) is 7.82. The molecule has 21 heavy (non-hydrogen) atoms. The van der Waals surface area contributed by atoms with E-state index in [-0.39, 0.29) is 0 Å². The maximum atomic E-state index is 4.56. The van der Waals surface area contributed by atoms with E-state index in [1.54, 1.807) is 0 Å². The molecule has 4 nitrogen and oxygen atoms in total. The van der Waals surface area contributed by atoms with Crippen molar-refractivity contribution < 1.29 is 0 Å². The summed E-state index contributed by atoms with van der Waals surface area (Å²) in [6, 6.07) is 10.8. The molecule has 0 radical (unpaired) electrons. The molecule has 2 aromatic rings. The molecule has 112 valence electrons. The summed E-state index contributed by atoms with van der Waals surface area (Å²) < 4.78 is 1.98. The molecule has 2 unspecified atom stereocenters. The van der Waals surface area contributed by atoms with E-state index in [1.165, 1.54) is 18.5 Å². The molecule has 4 heteroatoms. The Morgan fingerprint density at radius 1 is 1.29 bits per heavy atom. The van der Waals surface area contributed by atoms with E-state index in [2.05, 4.69) is 52.7 Å². The Hall–Kier alpha value is -1.65. The number of hydrogen-bond acceptors (Lipinski definition) is 3. The Bertz CT molecular complexity index is 563. The Kier molecular flexibility index (Phi) is 4.36. The molecule has 2 heterocycles. The van der Waals surface area contributed by atoms with Crippen molar-refractivity contribution in [1.82, 2.24) is 20.0 Å². The van der Waals surface area contributed by atoms with Gasteiger partial charge in [0, 0.05) is 17.8 Å². The van der Waals surface area contributed by atoms with Crippen molar-refractivity contribution in [2.24, 2.45) is 5.92 Å². The molecule has 3 rings (SSSR count). The molecule has 0 amide bonds. The van der Waals surface area contributed by atoms with Crippen LogP contribution in [0.15, 0.2) is 42.7 Å². The van der Waals surface area contributed by atoms with Crippen molar-refractivity contribution in [3.63, 3.8) is 0 Å². The third-order valence-electron chi connectivity index (χ3n) is 4.46. The number of nitrogens with zero attached hydrogens (tertiary/aromatic N) is 3. The molecular formula is C17H24N4. The summed E-state index contributed by atoms with van der Waals surface area (Å²) in [6.45, 7) is 5.60. The SMILES string of the molecule is CCN1CCC(CNC)C1c1cnn(-c2ccccc2)c1. The van der Waals surface area contributed by atoms with E-state index in [4.69, 9.17) is 0 Å². The van der Waals surface area contributed by atoms with Gasteiger partial charge >= 0.3 is 0 Å². The Morgan fingerprint density at radius 2 is 2.10 bits per heavy atom. The van der Waals surface area contributed by atoms with Crippen LogP contribution in [0.25, 0.3) is 5.69 Å². The normalized spacial score (nSPS) is 22.8. The van der Waals surface area contributed by atoms with E-state index in [1.807, 2.05) is 24.0 Å². The fourth-order valence-corrected chi connectivity index (χ4v) is 3.45. The molecule has 1 fully saturated rings. The Balaban J connectivity index is 1.86. The van der Waals surface area contributed by atoms with Gasteiger partial charge in [0.2, 0.25) is 0 Å². The highest BCUT2D eigenvalue weighted by Crippen LogP contribution is 2.36. The summed E-state index contributed by atoms with van der Waals surface area (Å²) in [5.41, 5.74) is 2.45. The summed E-state index contributed by atoms with van der Waals surface area (Å²) in [4.78, 5) is 2.56. The summed E-state index contributed by atoms with van der Waals surface area (Å²) in [7, 11) is 2.04. The average Bonchev–Trinajstić information content (AvgIpc) is 3.14. The first-order valence-corrected chi connectivity index (χ1v) is 7.82. The van der Waals surface area contributed by atoms with Gasteiger partial charge < -0.3 is 5.32 Å². The molecule has 1 aromatic carbocycles.